The molecule has 12 heteroatoms. The topological polar surface area (TPSA) is 73.8 Å². The maximum absolute atomic E-state index is 13.2. The molecule has 1 saturated heterocycles. The third kappa shape index (κ3) is 5.54. The molecule has 2 aliphatic rings. The summed E-state index contributed by atoms with van der Waals surface area (Å²) in [6.07, 6.45) is -3.42. The summed E-state index contributed by atoms with van der Waals surface area (Å²) in [5.74, 6) is 0.186. The summed E-state index contributed by atoms with van der Waals surface area (Å²) in [7, 11) is -3.74. The van der Waals surface area contributed by atoms with Crippen molar-refractivity contribution in [1.29, 1.82) is 0 Å². The first kappa shape index (κ1) is 26.4. The third-order valence-electron chi connectivity index (χ3n) is 6.07. The van der Waals surface area contributed by atoms with Gasteiger partial charge in [0.05, 0.1) is 22.5 Å². The van der Waals surface area contributed by atoms with Crippen LogP contribution in [0.1, 0.15) is 24.0 Å². The highest BCUT2D eigenvalue weighted by atomic mass is 35.5. The molecule has 186 valence electrons. The number of hydrogen-bond acceptors (Lipinski definition) is 5. The predicted molar refractivity (Wildman–Crippen MR) is 123 cm³/mol. The molecule has 1 spiro atoms. The Balaban J connectivity index is 0.00000324. The van der Waals surface area contributed by atoms with E-state index in [1.165, 1.54) is 28.6 Å². The summed E-state index contributed by atoms with van der Waals surface area (Å²) in [4.78, 5) is 4.63. The van der Waals surface area contributed by atoms with Crippen molar-refractivity contribution in [1.82, 2.24) is 14.9 Å². The zero-order chi connectivity index (χ0) is 23.7. The van der Waals surface area contributed by atoms with Crippen LogP contribution in [0.3, 0.4) is 0 Å². The Hall–Kier alpha value is -2.21. The zero-order valence-corrected chi connectivity index (χ0v) is 19.7. The number of amidine groups is 1. The molecule has 2 aromatic carbocycles. The number of halogens is 5. The molecule has 2 aliphatic heterocycles. The van der Waals surface area contributed by atoms with Gasteiger partial charge in [-0.1, -0.05) is 12.1 Å². The molecule has 0 amide bonds. The molecule has 2 N–H and O–H groups in total. The van der Waals surface area contributed by atoms with Crippen LogP contribution >= 0.6 is 12.4 Å². The second-order valence-electron chi connectivity index (χ2n) is 8.15. The number of nitrogens with zero attached hydrogens (tertiary/aromatic N) is 2. The lowest BCUT2D eigenvalue weighted by atomic mass is 9.85. The van der Waals surface area contributed by atoms with Gasteiger partial charge in [-0.15, -0.1) is 12.4 Å². The van der Waals surface area contributed by atoms with Crippen LogP contribution in [0.25, 0.3) is 0 Å². The van der Waals surface area contributed by atoms with Gasteiger partial charge in [0.1, 0.15) is 11.7 Å². The minimum atomic E-state index is -4.38. The Labute approximate surface area is 201 Å². The molecule has 0 aliphatic carbocycles. The first-order chi connectivity index (χ1) is 15.6. The van der Waals surface area contributed by atoms with Crippen molar-refractivity contribution in [2.45, 2.75) is 36.0 Å². The van der Waals surface area contributed by atoms with E-state index in [0.29, 0.717) is 43.9 Å². The van der Waals surface area contributed by atoms with E-state index in [1.807, 2.05) is 0 Å². The van der Waals surface area contributed by atoms with Crippen molar-refractivity contribution in [3.05, 3.63) is 65.5 Å². The van der Waals surface area contributed by atoms with E-state index in [4.69, 9.17) is 0 Å². The standard InChI is InChI=1S/C22H24F4N4O2S.ClH/c23-18-5-7-19(8-6-18)33(31,32)30-13-9-21(10-14-30)20(27-11-12-29-21)28-15-16-1-3-17(4-2-16)22(24,25)26;/h1-8,29H,9-15H2,(H,27,28);1H. The Morgan fingerprint density at radius 2 is 1.65 bits per heavy atom. The monoisotopic (exact) mass is 520 g/mol. The molecule has 4 rings (SSSR count). The maximum atomic E-state index is 13.2. The molecular weight excluding hydrogens is 496 g/mol. The number of sulfonamides is 1. The summed E-state index contributed by atoms with van der Waals surface area (Å²) < 4.78 is 78.7. The van der Waals surface area contributed by atoms with Gasteiger partial charge in [0.15, 0.2) is 0 Å². The fraction of sp³-hybridized carbons (Fsp3) is 0.409. The quantitative estimate of drug-likeness (QED) is 0.604. The first-order valence-corrected chi connectivity index (χ1v) is 12.0. The average Bonchev–Trinajstić information content (AvgIpc) is 2.79. The van der Waals surface area contributed by atoms with E-state index in [9.17, 15) is 26.0 Å². The lowest BCUT2D eigenvalue weighted by Gasteiger charge is -2.44. The van der Waals surface area contributed by atoms with E-state index in [1.54, 1.807) is 0 Å². The van der Waals surface area contributed by atoms with Crippen LogP contribution in [0, 0.1) is 5.82 Å². The smallest absolute Gasteiger partial charge is 0.368 e. The van der Waals surface area contributed by atoms with E-state index < -0.39 is 33.1 Å². The average molecular weight is 521 g/mol. The molecule has 34 heavy (non-hydrogen) atoms. The summed E-state index contributed by atoms with van der Waals surface area (Å²) in [6, 6.07) is 9.71. The number of aliphatic imine (C=N–C) groups is 1. The van der Waals surface area contributed by atoms with Crippen LogP contribution in [-0.2, 0) is 22.7 Å². The number of nitrogens with one attached hydrogen (secondary N) is 2. The SMILES string of the molecule is Cl.O=S(=O)(c1ccc(F)cc1)N1CCC2(CC1)NCCN=C2NCc1ccc(C(F)(F)F)cc1. The number of alkyl halides is 3. The largest absolute Gasteiger partial charge is 0.416 e. The molecule has 0 atom stereocenters. The Bertz CT molecular complexity index is 1120. The molecule has 2 aromatic rings. The second-order valence-corrected chi connectivity index (χ2v) is 10.1. The van der Waals surface area contributed by atoms with Crippen molar-refractivity contribution >= 4 is 28.3 Å². The molecular formula is C22H25ClF4N4O2S. The summed E-state index contributed by atoms with van der Waals surface area (Å²) in [5.41, 5.74) is -0.546. The minimum Gasteiger partial charge on any atom is -0.368 e. The van der Waals surface area contributed by atoms with E-state index in [0.717, 1.165) is 24.3 Å². The van der Waals surface area contributed by atoms with Crippen molar-refractivity contribution in [2.75, 3.05) is 26.2 Å². The third-order valence-corrected chi connectivity index (χ3v) is 7.98. The fourth-order valence-electron chi connectivity index (χ4n) is 4.20. The molecule has 6 nitrogen and oxygen atoms in total. The number of hydrogen-bond donors (Lipinski definition) is 2. The summed E-state index contributed by atoms with van der Waals surface area (Å²) >= 11 is 0. The van der Waals surface area contributed by atoms with Crippen LogP contribution in [0.5, 0.6) is 0 Å². The number of benzene rings is 2. The lowest BCUT2D eigenvalue weighted by molar-refractivity contribution is -0.137. The van der Waals surface area contributed by atoms with Gasteiger partial charge in [0, 0.05) is 26.2 Å². The van der Waals surface area contributed by atoms with Crippen molar-refractivity contribution in [3.63, 3.8) is 0 Å². The molecule has 2 heterocycles. The van der Waals surface area contributed by atoms with Gasteiger partial charge in [0.25, 0.3) is 0 Å². The highest BCUT2D eigenvalue weighted by molar-refractivity contribution is 7.89. The molecule has 0 saturated carbocycles. The molecule has 0 radical (unpaired) electrons. The van der Waals surface area contributed by atoms with Crippen LogP contribution in [0.15, 0.2) is 58.4 Å². The normalized spacial score (nSPS) is 18.8. The van der Waals surface area contributed by atoms with E-state index in [2.05, 4.69) is 15.6 Å². The van der Waals surface area contributed by atoms with Gasteiger partial charge in [-0.05, 0) is 54.8 Å². The van der Waals surface area contributed by atoms with Crippen molar-refractivity contribution in [3.8, 4) is 0 Å². The summed E-state index contributed by atoms with van der Waals surface area (Å²) in [5, 5.41) is 6.70. The lowest BCUT2D eigenvalue weighted by Crippen LogP contribution is -2.64. The van der Waals surface area contributed by atoms with Crippen LogP contribution in [-0.4, -0.2) is 50.3 Å². The highest BCUT2D eigenvalue weighted by Gasteiger charge is 2.43. The van der Waals surface area contributed by atoms with Gasteiger partial charge in [-0.2, -0.15) is 17.5 Å². The Morgan fingerprint density at radius 1 is 1.03 bits per heavy atom. The van der Waals surface area contributed by atoms with Gasteiger partial charge in [-0.25, -0.2) is 12.8 Å². The number of piperidine rings is 1. The fourth-order valence-corrected chi connectivity index (χ4v) is 5.64. The van der Waals surface area contributed by atoms with Gasteiger partial charge < -0.3 is 10.6 Å². The van der Waals surface area contributed by atoms with Crippen molar-refractivity contribution in [2.24, 2.45) is 4.99 Å². The Kier molecular flexibility index (Phi) is 7.91. The molecule has 0 aromatic heterocycles. The van der Waals surface area contributed by atoms with E-state index in [-0.39, 0.29) is 30.4 Å². The van der Waals surface area contributed by atoms with Gasteiger partial charge in [-0.3, -0.25) is 4.99 Å². The van der Waals surface area contributed by atoms with Gasteiger partial charge >= 0.3 is 6.18 Å². The van der Waals surface area contributed by atoms with Crippen LogP contribution in [0.2, 0.25) is 0 Å². The first-order valence-electron chi connectivity index (χ1n) is 10.6. The molecule has 0 unspecified atom stereocenters. The summed E-state index contributed by atoms with van der Waals surface area (Å²) in [6.45, 7) is 2.02. The molecule has 1 fully saturated rings. The highest BCUT2D eigenvalue weighted by Crippen LogP contribution is 2.30. The predicted octanol–water partition coefficient (Wildman–Crippen LogP) is 3.58. The zero-order valence-electron chi connectivity index (χ0n) is 18.1. The van der Waals surface area contributed by atoms with Crippen molar-refractivity contribution < 1.29 is 26.0 Å². The Morgan fingerprint density at radius 3 is 2.24 bits per heavy atom. The second kappa shape index (κ2) is 10.2. The van der Waals surface area contributed by atoms with Crippen LogP contribution in [0.4, 0.5) is 17.6 Å². The van der Waals surface area contributed by atoms with Crippen LogP contribution < -0.4 is 10.6 Å². The van der Waals surface area contributed by atoms with Gasteiger partial charge in [0.2, 0.25) is 10.0 Å². The number of rotatable bonds is 4. The molecule has 0 bridgehead atoms. The van der Waals surface area contributed by atoms with E-state index >= 15 is 0 Å². The minimum absolute atomic E-state index is 0. The maximum Gasteiger partial charge on any atom is 0.416 e.